The number of nitrogens with two attached hydrogens (primary N) is 1. The van der Waals surface area contributed by atoms with Crippen LogP contribution in [-0.2, 0) is 11.3 Å². The highest BCUT2D eigenvalue weighted by Crippen LogP contribution is 2.27. The first kappa shape index (κ1) is 24.4. The van der Waals surface area contributed by atoms with E-state index in [1.54, 1.807) is 0 Å². The molecule has 2 aromatic rings. The van der Waals surface area contributed by atoms with E-state index >= 15 is 0 Å². The van der Waals surface area contributed by atoms with Gasteiger partial charge in [-0.1, -0.05) is 26.0 Å². The Morgan fingerprint density at radius 2 is 1.88 bits per heavy atom. The number of hydrogen-bond donors (Lipinski definition) is 2. The monoisotopic (exact) mass is 401 g/mol. The average Bonchev–Trinajstić information content (AvgIpc) is 2.87. The summed E-state index contributed by atoms with van der Waals surface area (Å²) >= 11 is 0. The topological polar surface area (TPSA) is 85.8 Å². The third-order valence-corrected chi connectivity index (χ3v) is 4.71. The lowest BCUT2D eigenvalue weighted by atomic mass is 9.81. The first-order chi connectivity index (χ1) is 11.4. The summed E-state index contributed by atoms with van der Waals surface area (Å²) in [6.07, 6.45) is 1.45. The lowest BCUT2D eigenvalue weighted by Crippen LogP contribution is -2.41. The number of amides is 1. The molecule has 0 aliphatic heterocycles. The Hall–Kier alpha value is -1.63. The van der Waals surface area contributed by atoms with Crippen LogP contribution in [0.15, 0.2) is 24.3 Å². The number of carbonyl (C=O) groups is 1. The molecule has 26 heavy (non-hydrogen) atoms. The Kier molecular flexibility index (Phi) is 9.84. The molecule has 1 aromatic carbocycles. The van der Waals surface area contributed by atoms with Gasteiger partial charge in [-0.2, -0.15) is 5.10 Å². The Balaban J connectivity index is 0.00000312. The van der Waals surface area contributed by atoms with E-state index in [0.29, 0.717) is 13.1 Å². The molecule has 1 heterocycles. The molecule has 6 nitrogen and oxygen atoms in total. The number of carbonyl (C=O) groups excluding carboxylic acids is 1. The van der Waals surface area contributed by atoms with Gasteiger partial charge in [0.25, 0.3) is 0 Å². The Bertz CT molecular complexity index is 705. The fourth-order valence-corrected chi connectivity index (χ4v) is 2.85. The standard InChI is InChI=1S/C18H27N5O.2ClH/c1-5-18(6-2,12-19)17(24)21-16-9-7-8-15(10-16)11-23-14(4)20-13(3)22-23;;/h7-10H,5-6,11-12,19H2,1-4H3,(H,21,24);2*1H. The summed E-state index contributed by atoms with van der Waals surface area (Å²) in [7, 11) is 0. The molecule has 0 atom stereocenters. The number of nitrogens with one attached hydrogen (secondary N) is 1. The zero-order chi connectivity index (χ0) is 17.7. The van der Waals surface area contributed by atoms with Gasteiger partial charge in [0.05, 0.1) is 12.0 Å². The largest absolute Gasteiger partial charge is 0.329 e. The number of nitrogens with zero attached hydrogens (tertiary/aromatic N) is 3. The number of benzene rings is 1. The van der Waals surface area contributed by atoms with Crippen LogP contribution in [0, 0.1) is 19.3 Å². The van der Waals surface area contributed by atoms with Crippen molar-refractivity contribution >= 4 is 36.4 Å². The number of rotatable bonds is 7. The molecule has 0 bridgehead atoms. The van der Waals surface area contributed by atoms with E-state index in [9.17, 15) is 4.79 Å². The van der Waals surface area contributed by atoms with Crippen LogP contribution in [0.1, 0.15) is 43.9 Å². The van der Waals surface area contributed by atoms with Gasteiger partial charge in [-0.15, -0.1) is 24.8 Å². The summed E-state index contributed by atoms with van der Waals surface area (Å²) in [6.45, 7) is 8.79. The van der Waals surface area contributed by atoms with Crippen molar-refractivity contribution in [3.8, 4) is 0 Å². The second kappa shape index (κ2) is 10.5. The molecule has 0 aliphatic carbocycles. The third-order valence-electron chi connectivity index (χ3n) is 4.71. The van der Waals surface area contributed by atoms with Gasteiger partial charge < -0.3 is 11.1 Å². The highest BCUT2D eigenvalue weighted by atomic mass is 35.5. The van der Waals surface area contributed by atoms with E-state index in [-0.39, 0.29) is 30.7 Å². The number of aryl methyl sites for hydroxylation is 2. The Morgan fingerprint density at radius 1 is 1.23 bits per heavy atom. The summed E-state index contributed by atoms with van der Waals surface area (Å²) in [5, 5.41) is 7.39. The Labute approximate surface area is 167 Å². The maximum atomic E-state index is 12.6. The third kappa shape index (κ3) is 5.43. The summed E-state index contributed by atoms with van der Waals surface area (Å²) in [5.41, 5.74) is 7.20. The van der Waals surface area contributed by atoms with E-state index in [1.807, 2.05) is 56.6 Å². The average molecular weight is 402 g/mol. The maximum absolute atomic E-state index is 12.6. The first-order valence-electron chi connectivity index (χ1n) is 8.42. The van der Waals surface area contributed by atoms with Gasteiger partial charge in [-0.25, -0.2) is 9.67 Å². The van der Waals surface area contributed by atoms with Gasteiger partial charge in [-0.3, -0.25) is 4.79 Å². The molecule has 146 valence electrons. The fraction of sp³-hybridized carbons (Fsp3) is 0.500. The van der Waals surface area contributed by atoms with Gasteiger partial charge in [-0.05, 0) is 44.4 Å². The minimum Gasteiger partial charge on any atom is -0.329 e. The van der Waals surface area contributed by atoms with Crippen molar-refractivity contribution in [2.24, 2.45) is 11.1 Å². The van der Waals surface area contributed by atoms with Crippen molar-refractivity contribution in [1.29, 1.82) is 0 Å². The molecule has 2 rings (SSSR count). The van der Waals surface area contributed by atoms with E-state index in [2.05, 4.69) is 15.4 Å². The van der Waals surface area contributed by atoms with Crippen molar-refractivity contribution in [1.82, 2.24) is 14.8 Å². The number of anilines is 1. The van der Waals surface area contributed by atoms with Crippen LogP contribution in [0.5, 0.6) is 0 Å². The minimum absolute atomic E-state index is 0. The zero-order valence-electron chi connectivity index (χ0n) is 15.8. The number of aromatic nitrogens is 3. The highest BCUT2D eigenvalue weighted by Gasteiger charge is 2.33. The van der Waals surface area contributed by atoms with Crippen LogP contribution in [-0.4, -0.2) is 27.2 Å². The second-order valence-corrected chi connectivity index (χ2v) is 6.21. The zero-order valence-corrected chi connectivity index (χ0v) is 17.4. The molecule has 1 amide bonds. The molecular weight excluding hydrogens is 373 g/mol. The van der Waals surface area contributed by atoms with Crippen LogP contribution in [0.3, 0.4) is 0 Å². The lowest BCUT2D eigenvalue weighted by molar-refractivity contribution is -0.125. The van der Waals surface area contributed by atoms with E-state index in [1.165, 1.54) is 0 Å². The summed E-state index contributed by atoms with van der Waals surface area (Å²) in [6, 6.07) is 7.82. The molecule has 0 fully saturated rings. The molecular formula is C18H29Cl2N5O. The number of hydrogen-bond acceptors (Lipinski definition) is 4. The molecule has 0 saturated carbocycles. The minimum atomic E-state index is -0.504. The summed E-state index contributed by atoms with van der Waals surface area (Å²) in [4.78, 5) is 16.9. The molecule has 0 unspecified atom stereocenters. The molecule has 1 aromatic heterocycles. The van der Waals surface area contributed by atoms with Crippen LogP contribution in [0.2, 0.25) is 0 Å². The van der Waals surface area contributed by atoms with Gasteiger partial charge in [0.15, 0.2) is 0 Å². The van der Waals surface area contributed by atoms with Crippen LogP contribution in [0.25, 0.3) is 0 Å². The lowest BCUT2D eigenvalue weighted by Gasteiger charge is -2.28. The van der Waals surface area contributed by atoms with Crippen molar-refractivity contribution in [2.45, 2.75) is 47.1 Å². The smallest absolute Gasteiger partial charge is 0.231 e. The molecule has 0 radical (unpaired) electrons. The van der Waals surface area contributed by atoms with E-state index < -0.39 is 5.41 Å². The number of halogens is 2. The highest BCUT2D eigenvalue weighted by molar-refractivity contribution is 5.95. The van der Waals surface area contributed by atoms with Gasteiger partial charge >= 0.3 is 0 Å². The van der Waals surface area contributed by atoms with E-state index in [0.717, 1.165) is 35.7 Å². The van der Waals surface area contributed by atoms with Crippen LogP contribution in [0.4, 0.5) is 5.69 Å². The van der Waals surface area contributed by atoms with Crippen molar-refractivity contribution in [3.63, 3.8) is 0 Å². The predicted octanol–water partition coefficient (Wildman–Crippen LogP) is 3.49. The van der Waals surface area contributed by atoms with E-state index in [4.69, 9.17) is 5.73 Å². The Morgan fingerprint density at radius 3 is 2.38 bits per heavy atom. The molecule has 0 spiro atoms. The summed E-state index contributed by atoms with van der Waals surface area (Å²) < 4.78 is 1.86. The SMILES string of the molecule is CCC(CC)(CN)C(=O)Nc1cccc(Cn2nc(C)nc2C)c1.Cl.Cl. The van der Waals surface area contributed by atoms with Crippen molar-refractivity contribution < 1.29 is 4.79 Å². The molecule has 0 aliphatic rings. The fourth-order valence-electron chi connectivity index (χ4n) is 2.85. The summed E-state index contributed by atoms with van der Waals surface area (Å²) in [5.74, 6) is 1.62. The molecule has 0 saturated heterocycles. The van der Waals surface area contributed by atoms with Crippen LogP contribution >= 0.6 is 24.8 Å². The second-order valence-electron chi connectivity index (χ2n) is 6.21. The van der Waals surface area contributed by atoms with Gasteiger partial charge in [0.2, 0.25) is 5.91 Å². The quantitative estimate of drug-likeness (QED) is 0.742. The normalized spacial score (nSPS) is 10.7. The maximum Gasteiger partial charge on any atom is 0.231 e. The van der Waals surface area contributed by atoms with Crippen LogP contribution < -0.4 is 11.1 Å². The van der Waals surface area contributed by atoms with Crippen molar-refractivity contribution in [3.05, 3.63) is 41.5 Å². The predicted molar refractivity (Wildman–Crippen MR) is 110 cm³/mol. The van der Waals surface area contributed by atoms with Gasteiger partial charge in [0.1, 0.15) is 11.6 Å². The molecule has 3 N–H and O–H groups in total. The first-order valence-corrected chi connectivity index (χ1v) is 8.42. The molecule has 8 heteroatoms. The van der Waals surface area contributed by atoms with Gasteiger partial charge in [0, 0.05) is 12.2 Å². The van der Waals surface area contributed by atoms with Crippen molar-refractivity contribution in [2.75, 3.05) is 11.9 Å².